The van der Waals surface area contributed by atoms with Crippen molar-refractivity contribution in [3.05, 3.63) is 81.8 Å². The molecule has 1 saturated heterocycles. The number of methoxy groups -OCH3 is 1. The van der Waals surface area contributed by atoms with Gasteiger partial charge >= 0.3 is 6.09 Å². The Kier molecular flexibility index (Phi) is 12.5. The number of halogens is 3. The monoisotopic (exact) mass is 753 g/mol. The van der Waals surface area contributed by atoms with Crippen molar-refractivity contribution >= 4 is 46.7 Å². The zero-order chi connectivity index (χ0) is 37.6. The molecule has 12 nitrogen and oxygen atoms in total. The van der Waals surface area contributed by atoms with Crippen molar-refractivity contribution in [1.82, 2.24) is 30.5 Å². The Morgan fingerprint density at radius 1 is 1.10 bits per heavy atom. The Balaban J connectivity index is 1.40. The minimum atomic E-state index is -0.718. The van der Waals surface area contributed by atoms with Gasteiger partial charge in [0, 0.05) is 66.7 Å². The van der Waals surface area contributed by atoms with Crippen LogP contribution in [0.1, 0.15) is 51.7 Å². The first-order chi connectivity index (χ1) is 24.7. The summed E-state index contributed by atoms with van der Waals surface area (Å²) in [4.78, 5) is 40.0. The molecule has 0 bridgehead atoms. The van der Waals surface area contributed by atoms with Crippen molar-refractivity contribution < 1.29 is 28.6 Å². The van der Waals surface area contributed by atoms with Crippen LogP contribution in [-0.4, -0.2) is 74.9 Å². The highest BCUT2D eigenvalue weighted by molar-refractivity contribution is 6.39. The number of nitrogens with zero attached hydrogens (tertiary/aromatic N) is 4. The summed E-state index contributed by atoms with van der Waals surface area (Å²) in [6, 6.07) is 11.8. The van der Waals surface area contributed by atoms with E-state index < -0.39 is 23.6 Å². The Morgan fingerprint density at radius 3 is 2.56 bits per heavy atom. The summed E-state index contributed by atoms with van der Waals surface area (Å²) >= 11 is 13.9. The van der Waals surface area contributed by atoms with Crippen LogP contribution in [0.5, 0.6) is 5.88 Å². The van der Waals surface area contributed by atoms with Crippen molar-refractivity contribution in [2.45, 2.75) is 71.4 Å². The van der Waals surface area contributed by atoms with Crippen molar-refractivity contribution in [3.63, 3.8) is 0 Å². The third-order valence-electron chi connectivity index (χ3n) is 8.07. The SMILES string of the molecule is COc1nc(-c2ccnc(-c3cccc(Nc4nccc(CNC[C@@H](C)O)c4F)c3Cl)c2Cl)ccc1CN(C[C@@H]1CCC(=O)N1)C(=O)OC(C)(C)C. The molecule has 3 aromatic heterocycles. The predicted octanol–water partition coefficient (Wildman–Crippen LogP) is 6.89. The van der Waals surface area contributed by atoms with Crippen LogP contribution >= 0.6 is 23.2 Å². The molecule has 2 atom stereocenters. The van der Waals surface area contributed by atoms with Gasteiger partial charge in [-0.15, -0.1) is 0 Å². The predicted molar refractivity (Wildman–Crippen MR) is 198 cm³/mol. The van der Waals surface area contributed by atoms with Gasteiger partial charge in [-0.3, -0.25) is 9.78 Å². The van der Waals surface area contributed by atoms with Crippen LogP contribution in [-0.2, 0) is 22.6 Å². The van der Waals surface area contributed by atoms with Gasteiger partial charge in [0.25, 0.3) is 0 Å². The Labute approximate surface area is 312 Å². The smallest absolute Gasteiger partial charge is 0.410 e. The summed E-state index contributed by atoms with van der Waals surface area (Å²) in [5, 5.41) is 18.9. The number of nitrogens with one attached hydrogen (secondary N) is 3. The molecule has 0 aliphatic carbocycles. The summed E-state index contributed by atoms with van der Waals surface area (Å²) < 4.78 is 26.7. The number of ether oxygens (including phenoxy) is 2. The summed E-state index contributed by atoms with van der Waals surface area (Å²) in [5.41, 5.74) is 2.56. The Bertz CT molecular complexity index is 1920. The first kappa shape index (κ1) is 38.7. The molecule has 1 aliphatic rings. The highest BCUT2D eigenvalue weighted by Gasteiger charge is 2.29. The van der Waals surface area contributed by atoms with Crippen LogP contribution in [0.2, 0.25) is 10.0 Å². The maximum absolute atomic E-state index is 15.4. The number of aliphatic hydroxyl groups excluding tert-OH is 1. The van der Waals surface area contributed by atoms with Crippen LogP contribution in [0, 0.1) is 5.82 Å². The average molecular weight is 755 g/mol. The number of hydrogen-bond acceptors (Lipinski definition) is 10. The number of rotatable bonds is 13. The highest BCUT2D eigenvalue weighted by Crippen LogP contribution is 2.41. The third kappa shape index (κ3) is 9.65. The normalized spacial score (nSPS) is 14.9. The molecule has 0 unspecified atom stereocenters. The van der Waals surface area contributed by atoms with Crippen molar-refractivity contribution in [3.8, 4) is 28.4 Å². The topological polar surface area (TPSA) is 151 Å². The molecule has 52 heavy (non-hydrogen) atoms. The quantitative estimate of drug-likeness (QED) is 0.114. The van der Waals surface area contributed by atoms with E-state index in [9.17, 15) is 14.7 Å². The molecule has 1 aromatic carbocycles. The highest BCUT2D eigenvalue weighted by atomic mass is 35.5. The van der Waals surface area contributed by atoms with Crippen LogP contribution in [0.25, 0.3) is 22.5 Å². The number of carbonyl (C=O) groups excluding carboxylic acids is 2. The van der Waals surface area contributed by atoms with E-state index in [2.05, 4.69) is 25.9 Å². The molecular formula is C37H42Cl2FN7O5. The minimum Gasteiger partial charge on any atom is -0.481 e. The summed E-state index contributed by atoms with van der Waals surface area (Å²) in [6.07, 6.45) is 3.00. The maximum atomic E-state index is 15.4. The molecule has 1 fully saturated rings. The van der Waals surface area contributed by atoms with E-state index in [1.165, 1.54) is 18.2 Å². The minimum absolute atomic E-state index is 0.0159. The van der Waals surface area contributed by atoms with Crippen LogP contribution in [0.3, 0.4) is 0 Å². The molecule has 2 amide bonds. The summed E-state index contributed by atoms with van der Waals surface area (Å²) in [7, 11) is 1.49. The van der Waals surface area contributed by atoms with Crippen LogP contribution < -0.4 is 20.7 Å². The van der Waals surface area contributed by atoms with E-state index in [1.807, 2.05) is 0 Å². The standard InChI is InChI=1S/C37H42Cl2FN7O5/c1-21(48)17-41-18-22-13-15-43-34(32(22)40)45-28-8-6-7-26(30(28)38)33-31(39)25(14-16-42-33)27-11-9-23(35(46-27)51-5)19-47(36(50)52-37(2,3)4)20-24-10-12-29(49)44-24/h6-9,11,13-16,21,24,41,48H,10,12,17-20H2,1-5H3,(H,43,45)(H,44,49)/t21-,24+/m1/s1. The largest absolute Gasteiger partial charge is 0.481 e. The zero-order valence-corrected chi connectivity index (χ0v) is 31.1. The lowest BCUT2D eigenvalue weighted by molar-refractivity contribution is -0.119. The number of amides is 2. The first-order valence-corrected chi connectivity index (χ1v) is 17.5. The van der Waals surface area contributed by atoms with Gasteiger partial charge in [-0.1, -0.05) is 35.3 Å². The lowest BCUT2D eigenvalue weighted by atomic mass is 10.1. The van der Waals surface area contributed by atoms with Gasteiger partial charge < -0.3 is 35.4 Å². The molecule has 0 saturated carbocycles. The molecule has 5 rings (SSSR count). The maximum Gasteiger partial charge on any atom is 0.410 e. The van der Waals surface area contributed by atoms with Crippen LogP contribution in [0.4, 0.5) is 20.7 Å². The molecule has 0 spiro atoms. The van der Waals surface area contributed by atoms with E-state index in [1.54, 1.807) is 76.4 Å². The molecule has 0 radical (unpaired) electrons. The average Bonchev–Trinajstić information content (AvgIpc) is 3.50. The van der Waals surface area contributed by atoms with Gasteiger partial charge in [-0.2, -0.15) is 0 Å². The van der Waals surface area contributed by atoms with E-state index in [4.69, 9.17) is 37.7 Å². The van der Waals surface area contributed by atoms with Gasteiger partial charge in [0.2, 0.25) is 11.8 Å². The molecule has 4 N–H and O–H groups in total. The van der Waals surface area contributed by atoms with Gasteiger partial charge in [-0.25, -0.2) is 19.2 Å². The van der Waals surface area contributed by atoms with E-state index in [-0.39, 0.29) is 53.3 Å². The second-order valence-electron chi connectivity index (χ2n) is 13.5. The number of aromatic nitrogens is 3. The second kappa shape index (κ2) is 16.8. The molecule has 4 heterocycles. The Hall–Kier alpha value is -4.56. The molecular weight excluding hydrogens is 712 g/mol. The number of pyridine rings is 3. The summed E-state index contributed by atoms with van der Waals surface area (Å²) in [5.74, 6) is -0.343. The fourth-order valence-corrected chi connectivity index (χ4v) is 6.20. The first-order valence-electron chi connectivity index (χ1n) is 16.8. The van der Waals surface area contributed by atoms with Crippen LogP contribution in [0.15, 0.2) is 54.9 Å². The number of anilines is 2. The lowest BCUT2D eigenvalue weighted by Crippen LogP contribution is -2.43. The molecule has 276 valence electrons. The number of aliphatic hydroxyl groups is 1. The van der Waals surface area contributed by atoms with Gasteiger partial charge in [0.1, 0.15) is 5.60 Å². The van der Waals surface area contributed by atoms with Gasteiger partial charge in [0.15, 0.2) is 11.6 Å². The van der Waals surface area contributed by atoms with Crippen molar-refractivity contribution in [1.29, 1.82) is 0 Å². The van der Waals surface area contributed by atoms with Gasteiger partial charge in [0.05, 0.1) is 46.9 Å². The van der Waals surface area contributed by atoms with E-state index >= 15 is 4.39 Å². The number of carbonyl (C=O) groups is 2. The zero-order valence-electron chi connectivity index (χ0n) is 29.6. The van der Waals surface area contributed by atoms with Crippen molar-refractivity contribution in [2.24, 2.45) is 0 Å². The lowest BCUT2D eigenvalue weighted by Gasteiger charge is -2.29. The third-order valence-corrected chi connectivity index (χ3v) is 8.86. The fourth-order valence-electron chi connectivity index (χ4n) is 5.62. The number of hydrogen-bond donors (Lipinski definition) is 4. The number of benzene rings is 1. The second-order valence-corrected chi connectivity index (χ2v) is 14.2. The Morgan fingerprint density at radius 2 is 1.87 bits per heavy atom. The van der Waals surface area contributed by atoms with E-state index in [0.29, 0.717) is 58.7 Å². The fraction of sp³-hybridized carbons (Fsp3) is 0.378. The molecule has 4 aromatic rings. The summed E-state index contributed by atoms with van der Waals surface area (Å²) in [6.45, 7) is 7.92. The van der Waals surface area contributed by atoms with E-state index in [0.717, 1.165) is 0 Å². The van der Waals surface area contributed by atoms with Crippen molar-refractivity contribution in [2.75, 3.05) is 25.5 Å². The molecule has 15 heteroatoms. The molecule has 1 aliphatic heterocycles. The van der Waals surface area contributed by atoms with Gasteiger partial charge in [-0.05, 0) is 64.4 Å².